The van der Waals surface area contributed by atoms with Crippen molar-refractivity contribution >= 4 is 44.1 Å². The van der Waals surface area contributed by atoms with E-state index in [0.29, 0.717) is 0 Å². The monoisotopic (exact) mass is 537 g/mol. The molecule has 0 bridgehead atoms. The first kappa shape index (κ1) is 24.2. The van der Waals surface area contributed by atoms with Crippen LogP contribution < -0.4 is 5.32 Å². The minimum absolute atomic E-state index is 0.916. The van der Waals surface area contributed by atoms with Crippen LogP contribution in [-0.2, 0) is 0 Å². The van der Waals surface area contributed by atoms with Crippen LogP contribution in [0.2, 0.25) is 0 Å². The summed E-state index contributed by atoms with van der Waals surface area (Å²) in [6.07, 6.45) is 0. The Balaban J connectivity index is 1.13. The quantitative estimate of drug-likeness (QED) is 0.236. The Labute approximate surface area is 244 Å². The molecule has 1 N–H and O–H groups in total. The van der Waals surface area contributed by atoms with Crippen LogP contribution >= 0.6 is 0 Å². The Bertz CT molecular complexity index is 2210. The molecule has 7 aromatic carbocycles. The summed E-state index contributed by atoms with van der Waals surface area (Å²) in [5.41, 5.74) is 11.1. The van der Waals surface area contributed by atoms with Gasteiger partial charge in [0.25, 0.3) is 0 Å². The third-order valence-corrected chi connectivity index (χ3v) is 8.05. The second-order valence-corrected chi connectivity index (χ2v) is 10.7. The van der Waals surface area contributed by atoms with E-state index in [1.165, 1.54) is 44.2 Å². The van der Waals surface area contributed by atoms with Gasteiger partial charge in [0.1, 0.15) is 11.2 Å². The van der Waals surface area contributed by atoms with Crippen LogP contribution in [0.1, 0.15) is 0 Å². The zero-order chi connectivity index (χ0) is 27.9. The first-order valence-corrected chi connectivity index (χ1v) is 14.3. The van der Waals surface area contributed by atoms with E-state index in [0.717, 1.165) is 33.3 Å². The molecule has 42 heavy (non-hydrogen) atoms. The van der Waals surface area contributed by atoms with Gasteiger partial charge in [-0.1, -0.05) is 109 Å². The SMILES string of the molecule is c1ccc(-c2ccc(Nc3ccc(-c4ccc5oc6ccccc6c5c4)cc3)cc2-c2ccc3ccccc3c2)cc1. The summed E-state index contributed by atoms with van der Waals surface area (Å²) in [6.45, 7) is 0. The normalized spacial score (nSPS) is 11.3. The first-order valence-electron chi connectivity index (χ1n) is 14.3. The van der Waals surface area contributed by atoms with Crippen LogP contribution in [0.15, 0.2) is 162 Å². The molecule has 0 saturated carbocycles. The minimum atomic E-state index is 0.916. The van der Waals surface area contributed by atoms with E-state index in [1.807, 2.05) is 12.1 Å². The molecule has 1 heterocycles. The number of fused-ring (bicyclic) bond motifs is 4. The summed E-state index contributed by atoms with van der Waals surface area (Å²) in [4.78, 5) is 0. The lowest BCUT2D eigenvalue weighted by Crippen LogP contribution is -1.93. The third kappa shape index (κ3) is 4.40. The van der Waals surface area contributed by atoms with Crippen molar-refractivity contribution in [3.8, 4) is 33.4 Å². The third-order valence-electron chi connectivity index (χ3n) is 8.05. The van der Waals surface area contributed by atoms with E-state index in [1.54, 1.807) is 0 Å². The molecule has 198 valence electrons. The maximum atomic E-state index is 6.02. The Morgan fingerprint density at radius 1 is 0.357 bits per heavy atom. The van der Waals surface area contributed by atoms with Gasteiger partial charge < -0.3 is 9.73 Å². The van der Waals surface area contributed by atoms with Gasteiger partial charge >= 0.3 is 0 Å². The molecule has 0 fully saturated rings. The summed E-state index contributed by atoms with van der Waals surface area (Å²) in [6, 6.07) is 55.8. The maximum absolute atomic E-state index is 6.02. The molecule has 0 aliphatic carbocycles. The molecule has 0 amide bonds. The van der Waals surface area contributed by atoms with Crippen molar-refractivity contribution in [2.75, 3.05) is 5.32 Å². The molecule has 1 aromatic heterocycles. The summed E-state index contributed by atoms with van der Waals surface area (Å²) < 4.78 is 6.02. The molecule has 0 aliphatic rings. The summed E-state index contributed by atoms with van der Waals surface area (Å²) in [7, 11) is 0. The van der Waals surface area contributed by atoms with Gasteiger partial charge in [-0.2, -0.15) is 0 Å². The summed E-state index contributed by atoms with van der Waals surface area (Å²) >= 11 is 0. The number of benzene rings is 7. The number of nitrogens with one attached hydrogen (secondary N) is 1. The van der Waals surface area contributed by atoms with Crippen molar-refractivity contribution < 1.29 is 4.42 Å². The number of rotatable bonds is 5. The number of furan rings is 1. The highest BCUT2D eigenvalue weighted by molar-refractivity contribution is 6.06. The lowest BCUT2D eigenvalue weighted by molar-refractivity contribution is 0.669. The van der Waals surface area contributed by atoms with Gasteiger partial charge in [-0.05, 0) is 92.7 Å². The molecule has 0 unspecified atom stereocenters. The van der Waals surface area contributed by atoms with Crippen molar-refractivity contribution in [1.82, 2.24) is 0 Å². The average molecular weight is 538 g/mol. The molecule has 0 saturated heterocycles. The highest BCUT2D eigenvalue weighted by Gasteiger charge is 2.11. The lowest BCUT2D eigenvalue weighted by Gasteiger charge is -2.15. The predicted octanol–water partition coefficient (Wildman–Crippen LogP) is 11.5. The van der Waals surface area contributed by atoms with Crippen molar-refractivity contribution in [2.24, 2.45) is 0 Å². The van der Waals surface area contributed by atoms with Crippen LogP contribution in [0.4, 0.5) is 11.4 Å². The zero-order valence-corrected chi connectivity index (χ0v) is 22.9. The zero-order valence-electron chi connectivity index (χ0n) is 22.9. The Morgan fingerprint density at radius 3 is 1.93 bits per heavy atom. The van der Waals surface area contributed by atoms with Gasteiger partial charge in [0.2, 0.25) is 0 Å². The standard InChI is InChI=1S/C40H27NO/c1-2-9-29(10-3-1)35-22-21-34(26-37(35)32-15-14-27-8-4-5-11-30(27)24-32)41-33-19-16-28(17-20-33)31-18-23-40-38(25-31)36-12-6-7-13-39(36)42-40/h1-26,41H. The minimum Gasteiger partial charge on any atom is -0.456 e. The number of para-hydroxylation sites is 1. The Kier molecular flexibility index (Phi) is 5.82. The highest BCUT2D eigenvalue weighted by atomic mass is 16.3. The topological polar surface area (TPSA) is 25.2 Å². The predicted molar refractivity (Wildman–Crippen MR) is 177 cm³/mol. The fraction of sp³-hybridized carbons (Fsp3) is 0. The summed E-state index contributed by atoms with van der Waals surface area (Å²) in [5, 5.41) is 8.42. The lowest BCUT2D eigenvalue weighted by atomic mass is 9.92. The van der Waals surface area contributed by atoms with Gasteiger partial charge in [-0.3, -0.25) is 0 Å². The van der Waals surface area contributed by atoms with Gasteiger partial charge in [0.05, 0.1) is 0 Å². The van der Waals surface area contributed by atoms with E-state index in [2.05, 4.69) is 151 Å². The van der Waals surface area contributed by atoms with Gasteiger partial charge in [-0.25, -0.2) is 0 Å². The van der Waals surface area contributed by atoms with E-state index in [9.17, 15) is 0 Å². The average Bonchev–Trinajstić information content (AvgIpc) is 3.43. The van der Waals surface area contributed by atoms with Crippen molar-refractivity contribution in [2.45, 2.75) is 0 Å². The van der Waals surface area contributed by atoms with E-state index in [4.69, 9.17) is 4.42 Å². The van der Waals surface area contributed by atoms with Crippen LogP contribution in [0.3, 0.4) is 0 Å². The molecule has 0 spiro atoms. The molecule has 2 heteroatoms. The number of hydrogen-bond acceptors (Lipinski definition) is 2. The number of hydrogen-bond donors (Lipinski definition) is 1. The molecule has 0 radical (unpaired) electrons. The molecular formula is C40H27NO. The Morgan fingerprint density at radius 2 is 1.05 bits per heavy atom. The van der Waals surface area contributed by atoms with E-state index >= 15 is 0 Å². The highest BCUT2D eigenvalue weighted by Crippen LogP contribution is 2.37. The first-order chi connectivity index (χ1) is 20.8. The van der Waals surface area contributed by atoms with E-state index < -0.39 is 0 Å². The van der Waals surface area contributed by atoms with E-state index in [-0.39, 0.29) is 0 Å². The fourth-order valence-corrected chi connectivity index (χ4v) is 5.91. The maximum Gasteiger partial charge on any atom is 0.135 e. The second kappa shape index (κ2) is 10.1. The van der Waals surface area contributed by atoms with Crippen LogP contribution in [0, 0.1) is 0 Å². The Hall–Kier alpha value is -5.60. The molecular weight excluding hydrogens is 510 g/mol. The smallest absolute Gasteiger partial charge is 0.135 e. The largest absolute Gasteiger partial charge is 0.456 e. The van der Waals surface area contributed by atoms with Crippen molar-refractivity contribution in [1.29, 1.82) is 0 Å². The molecule has 2 nitrogen and oxygen atoms in total. The van der Waals surface area contributed by atoms with Crippen LogP contribution in [-0.4, -0.2) is 0 Å². The summed E-state index contributed by atoms with van der Waals surface area (Å²) in [5.74, 6) is 0. The molecule has 0 atom stereocenters. The fourth-order valence-electron chi connectivity index (χ4n) is 5.91. The van der Waals surface area contributed by atoms with Crippen molar-refractivity contribution in [3.63, 3.8) is 0 Å². The van der Waals surface area contributed by atoms with Crippen LogP contribution in [0.5, 0.6) is 0 Å². The molecule has 8 aromatic rings. The van der Waals surface area contributed by atoms with Gasteiger partial charge in [-0.15, -0.1) is 0 Å². The molecule has 0 aliphatic heterocycles. The van der Waals surface area contributed by atoms with Crippen molar-refractivity contribution in [3.05, 3.63) is 158 Å². The second-order valence-electron chi connectivity index (χ2n) is 10.7. The molecule has 8 rings (SSSR count). The van der Waals surface area contributed by atoms with Crippen LogP contribution in [0.25, 0.3) is 66.1 Å². The van der Waals surface area contributed by atoms with Gasteiger partial charge in [0.15, 0.2) is 0 Å². The van der Waals surface area contributed by atoms with Gasteiger partial charge in [0, 0.05) is 22.1 Å². The number of anilines is 2.